The molecule has 1 N–H and O–H groups in total. The van der Waals surface area contributed by atoms with E-state index in [1.165, 1.54) is 22.5 Å². The van der Waals surface area contributed by atoms with Crippen molar-refractivity contribution in [2.45, 2.75) is 53.9 Å². The maximum absolute atomic E-state index is 12.6. The van der Waals surface area contributed by atoms with Crippen molar-refractivity contribution >= 4 is 28.2 Å². The highest BCUT2D eigenvalue weighted by atomic mass is 32.1. The molecule has 1 atom stereocenters. The molecule has 146 valence electrons. The molecular weight excluding hydrogens is 362 g/mol. The van der Waals surface area contributed by atoms with Crippen molar-refractivity contribution in [3.05, 3.63) is 39.7 Å². The smallest absolute Gasteiger partial charge is 0.341 e. The Morgan fingerprint density at radius 3 is 2.70 bits per heavy atom. The van der Waals surface area contributed by atoms with E-state index in [1.807, 2.05) is 0 Å². The van der Waals surface area contributed by atoms with Gasteiger partial charge in [0.15, 0.2) is 0 Å². The van der Waals surface area contributed by atoms with Gasteiger partial charge in [-0.3, -0.25) is 4.79 Å². The Morgan fingerprint density at radius 1 is 1.37 bits per heavy atom. The fourth-order valence-electron chi connectivity index (χ4n) is 3.62. The molecular formula is C21H27NO4S. The topological polar surface area (TPSA) is 68.5 Å². The molecule has 0 aliphatic heterocycles. The van der Waals surface area contributed by atoms with E-state index in [0.29, 0.717) is 34.4 Å². The van der Waals surface area contributed by atoms with Crippen molar-refractivity contribution in [3.8, 4) is 0 Å². The molecule has 1 aliphatic rings. The minimum Gasteiger partial charge on any atom is -0.469 e. The predicted molar refractivity (Wildman–Crippen MR) is 107 cm³/mol. The van der Waals surface area contributed by atoms with E-state index >= 15 is 0 Å². The van der Waals surface area contributed by atoms with E-state index in [0.717, 1.165) is 24.8 Å². The molecule has 1 aliphatic carbocycles. The number of anilines is 1. The average Bonchev–Trinajstić information content (AvgIpc) is 3.16. The SMILES string of the molecule is CCOC(=O)c1c(NC(=O)c2ccoc2C)sc2c1CCC(C(C)(C)C)C2. The Labute approximate surface area is 164 Å². The van der Waals surface area contributed by atoms with Crippen molar-refractivity contribution in [1.29, 1.82) is 0 Å². The number of ether oxygens (including phenoxy) is 1. The molecule has 6 heteroatoms. The summed E-state index contributed by atoms with van der Waals surface area (Å²) in [6.07, 6.45) is 4.29. The van der Waals surface area contributed by atoms with Crippen LogP contribution in [0.25, 0.3) is 0 Å². The normalized spacial score (nSPS) is 16.7. The molecule has 1 amide bonds. The summed E-state index contributed by atoms with van der Waals surface area (Å²) in [5.41, 5.74) is 2.25. The lowest BCUT2D eigenvalue weighted by Gasteiger charge is -2.33. The number of hydrogen-bond donors (Lipinski definition) is 1. The molecule has 0 bridgehead atoms. The van der Waals surface area contributed by atoms with E-state index < -0.39 is 0 Å². The Kier molecular flexibility index (Phi) is 5.47. The third kappa shape index (κ3) is 3.95. The summed E-state index contributed by atoms with van der Waals surface area (Å²) in [5, 5.41) is 3.50. The summed E-state index contributed by atoms with van der Waals surface area (Å²) in [4.78, 5) is 26.5. The van der Waals surface area contributed by atoms with Crippen LogP contribution >= 0.6 is 11.3 Å². The van der Waals surface area contributed by atoms with Gasteiger partial charge < -0.3 is 14.5 Å². The first kappa shape index (κ1) is 19.7. The minimum absolute atomic E-state index is 0.211. The van der Waals surface area contributed by atoms with E-state index in [4.69, 9.17) is 9.15 Å². The van der Waals surface area contributed by atoms with Gasteiger partial charge in [0.2, 0.25) is 0 Å². The summed E-state index contributed by atoms with van der Waals surface area (Å²) >= 11 is 1.50. The number of carbonyl (C=O) groups excluding carboxylic acids is 2. The van der Waals surface area contributed by atoms with Crippen LogP contribution in [0.4, 0.5) is 5.00 Å². The molecule has 0 aromatic carbocycles. The average molecular weight is 390 g/mol. The Bertz CT molecular complexity index is 856. The number of hydrogen-bond acceptors (Lipinski definition) is 5. The highest BCUT2D eigenvalue weighted by Gasteiger charge is 2.34. The van der Waals surface area contributed by atoms with Gasteiger partial charge in [-0.05, 0) is 56.1 Å². The van der Waals surface area contributed by atoms with Crippen molar-refractivity contribution in [1.82, 2.24) is 0 Å². The predicted octanol–water partition coefficient (Wildman–Crippen LogP) is 5.23. The maximum atomic E-state index is 12.6. The Balaban J connectivity index is 1.96. The first-order valence-electron chi connectivity index (χ1n) is 9.39. The van der Waals surface area contributed by atoms with E-state index in [-0.39, 0.29) is 17.3 Å². The van der Waals surface area contributed by atoms with E-state index in [9.17, 15) is 9.59 Å². The fourth-order valence-corrected chi connectivity index (χ4v) is 4.93. The lowest BCUT2D eigenvalue weighted by molar-refractivity contribution is 0.0526. The number of aryl methyl sites for hydroxylation is 1. The highest BCUT2D eigenvalue weighted by molar-refractivity contribution is 7.17. The van der Waals surface area contributed by atoms with E-state index in [2.05, 4.69) is 26.1 Å². The monoisotopic (exact) mass is 389 g/mol. The molecule has 0 spiro atoms. The van der Waals surface area contributed by atoms with Gasteiger partial charge in [-0.1, -0.05) is 20.8 Å². The first-order valence-corrected chi connectivity index (χ1v) is 10.2. The zero-order chi connectivity index (χ0) is 19.8. The van der Waals surface area contributed by atoms with Crippen molar-refractivity contribution in [3.63, 3.8) is 0 Å². The van der Waals surface area contributed by atoms with Crippen LogP contribution in [0.5, 0.6) is 0 Å². The van der Waals surface area contributed by atoms with Crippen LogP contribution in [0, 0.1) is 18.3 Å². The molecule has 0 saturated carbocycles. The second-order valence-electron chi connectivity index (χ2n) is 8.08. The van der Waals surface area contributed by atoms with Gasteiger partial charge in [-0.2, -0.15) is 0 Å². The highest BCUT2D eigenvalue weighted by Crippen LogP contribution is 2.44. The molecule has 0 saturated heterocycles. The summed E-state index contributed by atoms with van der Waals surface area (Å²) in [5.74, 6) is 0.485. The number of nitrogens with one attached hydrogen (secondary N) is 1. The number of rotatable bonds is 4. The minimum atomic E-state index is -0.358. The van der Waals surface area contributed by atoms with Crippen LogP contribution < -0.4 is 5.32 Å². The first-order chi connectivity index (χ1) is 12.7. The number of furan rings is 1. The summed E-state index contributed by atoms with van der Waals surface area (Å²) in [6.45, 7) is 10.6. The fraction of sp³-hybridized carbons (Fsp3) is 0.524. The third-order valence-corrected chi connectivity index (χ3v) is 6.47. The van der Waals surface area contributed by atoms with Crippen LogP contribution in [-0.2, 0) is 17.6 Å². The van der Waals surface area contributed by atoms with Gasteiger partial charge in [0.1, 0.15) is 10.8 Å². The largest absolute Gasteiger partial charge is 0.469 e. The van der Waals surface area contributed by atoms with Crippen LogP contribution in [0.15, 0.2) is 16.7 Å². The van der Waals surface area contributed by atoms with Crippen LogP contribution in [0.1, 0.15) is 71.0 Å². The Hall–Kier alpha value is -2.08. The zero-order valence-corrected chi connectivity index (χ0v) is 17.4. The second kappa shape index (κ2) is 7.50. The summed E-state index contributed by atoms with van der Waals surface area (Å²) in [6, 6.07) is 1.64. The van der Waals surface area contributed by atoms with Gasteiger partial charge in [0, 0.05) is 4.88 Å². The molecule has 3 rings (SSSR count). The van der Waals surface area contributed by atoms with Gasteiger partial charge in [0.25, 0.3) is 5.91 Å². The van der Waals surface area contributed by atoms with Crippen LogP contribution in [-0.4, -0.2) is 18.5 Å². The number of fused-ring (bicyclic) bond motifs is 1. The standard InChI is InChI=1S/C21H27NO4S/c1-6-25-20(24)17-15-8-7-13(21(3,4)5)11-16(15)27-19(17)22-18(23)14-9-10-26-12(14)2/h9-10,13H,6-8,11H2,1-5H3,(H,22,23). The van der Waals surface area contributed by atoms with Crippen molar-refractivity contribution in [2.75, 3.05) is 11.9 Å². The second-order valence-corrected chi connectivity index (χ2v) is 9.18. The van der Waals surface area contributed by atoms with Crippen LogP contribution in [0.3, 0.4) is 0 Å². The number of amides is 1. The molecule has 2 heterocycles. The maximum Gasteiger partial charge on any atom is 0.341 e. The van der Waals surface area contributed by atoms with Gasteiger partial charge in [-0.15, -0.1) is 11.3 Å². The Morgan fingerprint density at radius 2 is 2.11 bits per heavy atom. The molecule has 27 heavy (non-hydrogen) atoms. The quantitative estimate of drug-likeness (QED) is 0.727. The van der Waals surface area contributed by atoms with Crippen molar-refractivity contribution < 1.29 is 18.7 Å². The third-order valence-electron chi connectivity index (χ3n) is 5.30. The molecule has 1 unspecified atom stereocenters. The zero-order valence-electron chi connectivity index (χ0n) is 16.6. The number of carbonyl (C=O) groups is 2. The van der Waals surface area contributed by atoms with Crippen molar-refractivity contribution in [2.24, 2.45) is 11.3 Å². The molecule has 0 radical (unpaired) electrons. The van der Waals surface area contributed by atoms with Gasteiger partial charge in [0.05, 0.1) is 24.0 Å². The van der Waals surface area contributed by atoms with Gasteiger partial charge in [-0.25, -0.2) is 4.79 Å². The number of thiophene rings is 1. The molecule has 0 fully saturated rings. The van der Waals surface area contributed by atoms with Gasteiger partial charge >= 0.3 is 5.97 Å². The lowest BCUT2D eigenvalue weighted by atomic mass is 9.72. The number of esters is 1. The molecule has 5 nitrogen and oxygen atoms in total. The van der Waals surface area contributed by atoms with Crippen LogP contribution in [0.2, 0.25) is 0 Å². The molecule has 2 aromatic rings. The lowest BCUT2D eigenvalue weighted by Crippen LogP contribution is -2.26. The summed E-state index contributed by atoms with van der Waals surface area (Å²) < 4.78 is 10.5. The summed E-state index contributed by atoms with van der Waals surface area (Å²) in [7, 11) is 0. The molecule has 2 aromatic heterocycles. The van der Waals surface area contributed by atoms with E-state index in [1.54, 1.807) is 19.9 Å².